The molecule has 1 amide bonds. The molecule has 0 atom stereocenters. The lowest BCUT2D eigenvalue weighted by Crippen LogP contribution is -2.23. The summed E-state index contributed by atoms with van der Waals surface area (Å²) in [6, 6.07) is 11.0. The molecule has 0 saturated heterocycles. The van der Waals surface area contributed by atoms with Crippen molar-refractivity contribution in [2.75, 3.05) is 13.7 Å². The van der Waals surface area contributed by atoms with Crippen LogP contribution in [-0.4, -0.2) is 34.2 Å². The minimum absolute atomic E-state index is 0.263. The van der Waals surface area contributed by atoms with Crippen LogP contribution in [0.15, 0.2) is 42.6 Å². The number of amides is 1. The molecule has 3 aromatic rings. The highest BCUT2D eigenvalue weighted by Gasteiger charge is 2.12. The molecule has 1 N–H and O–H groups in total. The minimum Gasteiger partial charge on any atom is -0.497 e. The zero-order chi connectivity index (χ0) is 16.9. The van der Waals surface area contributed by atoms with Crippen LogP contribution in [0.4, 0.5) is 0 Å². The third-order valence-corrected chi connectivity index (χ3v) is 3.41. The average Bonchev–Trinajstić information content (AvgIpc) is 3.03. The lowest BCUT2D eigenvalue weighted by molar-refractivity contribution is 0.0946. The highest BCUT2D eigenvalue weighted by atomic mass is 16.5. The van der Waals surface area contributed by atoms with Crippen LogP contribution in [0.1, 0.15) is 23.0 Å². The summed E-state index contributed by atoms with van der Waals surface area (Å²) in [6.07, 6.45) is 1.58. The standard InChI is InChI=1S/C17H18N4O3/c1-3-24-16-8-7-15-19-14(11-21(15)20-16)17(22)18-10-12-5-4-6-13(9-12)23-2/h4-9,11H,3,10H2,1-2H3,(H,18,22). The van der Waals surface area contributed by atoms with E-state index in [4.69, 9.17) is 9.47 Å². The van der Waals surface area contributed by atoms with Crippen molar-refractivity contribution >= 4 is 11.6 Å². The summed E-state index contributed by atoms with van der Waals surface area (Å²) in [5, 5.41) is 7.08. The van der Waals surface area contributed by atoms with Crippen molar-refractivity contribution in [3.05, 3.63) is 53.9 Å². The molecule has 0 unspecified atom stereocenters. The molecule has 24 heavy (non-hydrogen) atoms. The number of carbonyl (C=O) groups is 1. The van der Waals surface area contributed by atoms with E-state index in [2.05, 4.69) is 15.4 Å². The summed E-state index contributed by atoms with van der Waals surface area (Å²) in [6.45, 7) is 2.81. The molecule has 0 radical (unpaired) electrons. The second-order valence-electron chi connectivity index (χ2n) is 5.07. The third kappa shape index (κ3) is 3.45. The molecule has 7 heteroatoms. The van der Waals surface area contributed by atoms with E-state index in [1.807, 2.05) is 31.2 Å². The number of benzene rings is 1. The van der Waals surface area contributed by atoms with E-state index in [0.29, 0.717) is 30.4 Å². The Kier molecular flexibility index (Phi) is 4.60. The molecular formula is C17H18N4O3. The van der Waals surface area contributed by atoms with Gasteiger partial charge in [-0.15, -0.1) is 5.10 Å². The van der Waals surface area contributed by atoms with Crippen molar-refractivity contribution in [2.45, 2.75) is 13.5 Å². The molecule has 0 bridgehead atoms. The molecule has 0 aliphatic heterocycles. The topological polar surface area (TPSA) is 77.8 Å². The first-order valence-corrected chi connectivity index (χ1v) is 7.60. The predicted molar refractivity (Wildman–Crippen MR) is 88.3 cm³/mol. The Morgan fingerprint density at radius 2 is 2.17 bits per heavy atom. The van der Waals surface area contributed by atoms with Crippen molar-refractivity contribution < 1.29 is 14.3 Å². The lowest BCUT2D eigenvalue weighted by atomic mass is 10.2. The van der Waals surface area contributed by atoms with E-state index in [0.717, 1.165) is 11.3 Å². The van der Waals surface area contributed by atoms with Crippen LogP contribution in [0, 0.1) is 0 Å². The smallest absolute Gasteiger partial charge is 0.271 e. The second kappa shape index (κ2) is 6.99. The first-order valence-electron chi connectivity index (χ1n) is 7.60. The molecule has 0 spiro atoms. The summed E-state index contributed by atoms with van der Waals surface area (Å²) < 4.78 is 12.0. The molecular weight excluding hydrogens is 308 g/mol. The summed E-state index contributed by atoms with van der Waals surface area (Å²) in [5.74, 6) is 0.981. The number of methoxy groups -OCH3 is 1. The summed E-state index contributed by atoms with van der Waals surface area (Å²) in [7, 11) is 1.61. The van der Waals surface area contributed by atoms with Crippen molar-refractivity contribution in [3.8, 4) is 11.6 Å². The first-order chi connectivity index (χ1) is 11.7. The normalized spacial score (nSPS) is 10.6. The number of carbonyl (C=O) groups excluding carboxylic acids is 1. The molecule has 0 saturated carbocycles. The maximum absolute atomic E-state index is 12.3. The van der Waals surface area contributed by atoms with Gasteiger partial charge in [-0.3, -0.25) is 4.79 Å². The van der Waals surface area contributed by atoms with E-state index in [1.54, 1.807) is 25.4 Å². The maximum Gasteiger partial charge on any atom is 0.271 e. The minimum atomic E-state index is -0.263. The Hall–Kier alpha value is -3.09. The highest BCUT2D eigenvalue weighted by molar-refractivity contribution is 5.92. The van der Waals surface area contributed by atoms with Crippen LogP contribution < -0.4 is 14.8 Å². The number of nitrogens with zero attached hydrogens (tertiary/aromatic N) is 3. The largest absolute Gasteiger partial charge is 0.497 e. The fraction of sp³-hybridized carbons (Fsp3) is 0.235. The summed E-state index contributed by atoms with van der Waals surface area (Å²) in [5.41, 5.74) is 1.84. The predicted octanol–water partition coefficient (Wildman–Crippen LogP) is 2.07. The van der Waals surface area contributed by atoms with Crippen LogP contribution in [0.5, 0.6) is 11.6 Å². The van der Waals surface area contributed by atoms with Gasteiger partial charge in [-0.25, -0.2) is 9.50 Å². The van der Waals surface area contributed by atoms with E-state index >= 15 is 0 Å². The van der Waals surface area contributed by atoms with Crippen LogP contribution in [0.25, 0.3) is 5.65 Å². The fourth-order valence-electron chi connectivity index (χ4n) is 2.25. The summed E-state index contributed by atoms with van der Waals surface area (Å²) in [4.78, 5) is 16.5. The number of aromatic nitrogens is 3. The van der Waals surface area contributed by atoms with Crippen LogP contribution in [-0.2, 0) is 6.54 Å². The molecule has 7 nitrogen and oxygen atoms in total. The quantitative estimate of drug-likeness (QED) is 0.750. The van der Waals surface area contributed by atoms with E-state index in [1.165, 1.54) is 4.52 Å². The van der Waals surface area contributed by atoms with Gasteiger partial charge in [-0.1, -0.05) is 12.1 Å². The Morgan fingerprint density at radius 1 is 1.29 bits per heavy atom. The lowest BCUT2D eigenvalue weighted by Gasteiger charge is -2.05. The maximum atomic E-state index is 12.3. The number of fused-ring (bicyclic) bond motifs is 1. The Bertz CT molecular complexity index is 860. The van der Waals surface area contributed by atoms with Gasteiger partial charge in [0.2, 0.25) is 5.88 Å². The van der Waals surface area contributed by atoms with Gasteiger partial charge in [0.05, 0.1) is 19.9 Å². The molecule has 0 aliphatic rings. The molecule has 2 aromatic heterocycles. The molecule has 1 aromatic carbocycles. The van der Waals surface area contributed by atoms with Gasteiger partial charge in [-0.2, -0.15) is 0 Å². The number of hydrogen-bond donors (Lipinski definition) is 1. The van der Waals surface area contributed by atoms with Gasteiger partial charge in [0, 0.05) is 12.6 Å². The molecule has 3 rings (SSSR count). The van der Waals surface area contributed by atoms with Crippen molar-refractivity contribution in [2.24, 2.45) is 0 Å². The Morgan fingerprint density at radius 3 is 2.96 bits per heavy atom. The zero-order valence-corrected chi connectivity index (χ0v) is 13.5. The van der Waals surface area contributed by atoms with Gasteiger partial charge in [0.25, 0.3) is 5.91 Å². The van der Waals surface area contributed by atoms with Crippen LogP contribution in [0.2, 0.25) is 0 Å². The van der Waals surface area contributed by atoms with Gasteiger partial charge in [0.15, 0.2) is 5.65 Å². The van der Waals surface area contributed by atoms with Crippen molar-refractivity contribution in [3.63, 3.8) is 0 Å². The van der Waals surface area contributed by atoms with Crippen molar-refractivity contribution in [1.82, 2.24) is 19.9 Å². The molecule has 0 fully saturated rings. The summed E-state index contributed by atoms with van der Waals surface area (Å²) >= 11 is 0. The SMILES string of the molecule is CCOc1ccc2nc(C(=O)NCc3cccc(OC)c3)cn2n1. The van der Waals surface area contributed by atoms with Crippen molar-refractivity contribution in [1.29, 1.82) is 0 Å². The number of ether oxygens (including phenoxy) is 2. The van der Waals surface area contributed by atoms with Gasteiger partial charge in [-0.05, 0) is 30.7 Å². The van der Waals surface area contributed by atoms with E-state index < -0.39 is 0 Å². The van der Waals surface area contributed by atoms with Gasteiger partial charge < -0.3 is 14.8 Å². The monoisotopic (exact) mass is 326 g/mol. The zero-order valence-electron chi connectivity index (χ0n) is 13.5. The number of rotatable bonds is 6. The van der Waals surface area contributed by atoms with Gasteiger partial charge >= 0.3 is 0 Å². The number of imidazole rings is 1. The van der Waals surface area contributed by atoms with Crippen LogP contribution >= 0.6 is 0 Å². The molecule has 2 heterocycles. The Balaban J connectivity index is 1.71. The van der Waals surface area contributed by atoms with Gasteiger partial charge in [0.1, 0.15) is 11.4 Å². The van der Waals surface area contributed by atoms with E-state index in [9.17, 15) is 4.79 Å². The fourth-order valence-corrected chi connectivity index (χ4v) is 2.25. The molecule has 0 aliphatic carbocycles. The van der Waals surface area contributed by atoms with E-state index in [-0.39, 0.29) is 5.91 Å². The highest BCUT2D eigenvalue weighted by Crippen LogP contribution is 2.13. The molecule has 124 valence electrons. The first kappa shape index (κ1) is 15.8. The average molecular weight is 326 g/mol. The number of hydrogen-bond acceptors (Lipinski definition) is 5. The Labute approximate surface area is 139 Å². The third-order valence-electron chi connectivity index (χ3n) is 3.41. The second-order valence-corrected chi connectivity index (χ2v) is 5.07. The van der Waals surface area contributed by atoms with Crippen LogP contribution in [0.3, 0.4) is 0 Å². The number of nitrogens with one attached hydrogen (secondary N) is 1.